The van der Waals surface area contributed by atoms with Gasteiger partial charge in [0.05, 0.1) is 0 Å². The van der Waals surface area contributed by atoms with Crippen LogP contribution in [0.4, 0.5) is 0 Å². The normalized spacial score (nSPS) is 17.4. The molecule has 7 nitrogen and oxygen atoms in total. The molecule has 0 unspecified atom stereocenters. The second kappa shape index (κ2) is 16.6. The summed E-state index contributed by atoms with van der Waals surface area (Å²) in [6.45, 7) is 1.82. The molecule has 0 amide bonds. The van der Waals surface area contributed by atoms with Crippen LogP contribution in [-0.2, 0) is 19.1 Å². The van der Waals surface area contributed by atoms with E-state index >= 15 is 0 Å². The Morgan fingerprint density at radius 2 is 1.52 bits per heavy atom. The summed E-state index contributed by atoms with van der Waals surface area (Å²) in [6.07, 6.45) is 17.3. The molecule has 0 saturated carbocycles. The van der Waals surface area contributed by atoms with Gasteiger partial charge in [-0.05, 0) is 32.1 Å². The molecular weight excluding hydrogens is 400 g/mol. The molecule has 1 aliphatic heterocycles. The first-order valence-corrected chi connectivity index (χ1v) is 11.8. The molecule has 178 valence electrons. The fourth-order valence-corrected chi connectivity index (χ4v) is 3.41. The van der Waals surface area contributed by atoms with Crippen LogP contribution in [0, 0.1) is 0 Å². The monoisotopic (exact) mass is 440 g/mol. The molecule has 1 rings (SSSR count). The van der Waals surface area contributed by atoms with Crippen molar-refractivity contribution in [3.63, 3.8) is 0 Å². The van der Waals surface area contributed by atoms with Gasteiger partial charge in [0.25, 0.3) is 0 Å². The van der Waals surface area contributed by atoms with E-state index in [1.165, 1.54) is 44.9 Å². The van der Waals surface area contributed by atoms with Crippen LogP contribution in [0.1, 0.15) is 96.8 Å². The van der Waals surface area contributed by atoms with E-state index in [1.807, 2.05) is 0 Å². The molecule has 31 heavy (non-hydrogen) atoms. The minimum Gasteiger partial charge on any atom is -0.505 e. The van der Waals surface area contributed by atoms with Gasteiger partial charge in [0.15, 0.2) is 11.9 Å². The Morgan fingerprint density at radius 1 is 0.968 bits per heavy atom. The van der Waals surface area contributed by atoms with Gasteiger partial charge in [0.2, 0.25) is 5.76 Å². The average molecular weight is 441 g/mol. The van der Waals surface area contributed by atoms with Crippen molar-refractivity contribution in [2.75, 3.05) is 6.61 Å². The molecule has 7 heteroatoms. The van der Waals surface area contributed by atoms with Crippen LogP contribution in [0.5, 0.6) is 0 Å². The summed E-state index contributed by atoms with van der Waals surface area (Å²) in [5.41, 5.74) is 0. The van der Waals surface area contributed by atoms with Crippen LogP contribution in [0.25, 0.3) is 0 Å². The first-order valence-electron chi connectivity index (χ1n) is 11.8. The number of hydrogen-bond acceptors (Lipinski definition) is 7. The van der Waals surface area contributed by atoms with Gasteiger partial charge in [-0.3, -0.25) is 4.79 Å². The number of carbonyl (C=O) groups excluding carboxylic acids is 2. The van der Waals surface area contributed by atoms with Crippen LogP contribution < -0.4 is 0 Å². The van der Waals surface area contributed by atoms with Crippen LogP contribution in [0.3, 0.4) is 0 Å². The largest absolute Gasteiger partial charge is 0.505 e. The van der Waals surface area contributed by atoms with Crippen LogP contribution in [0.15, 0.2) is 23.7 Å². The number of unbranched alkanes of at least 4 members (excludes halogenated alkanes) is 11. The van der Waals surface area contributed by atoms with Crippen molar-refractivity contribution in [3.05, 3.63) is 23.7 Å². The number of aliphatic hydroxyl groups is 3. The van der Waals surface area contributed by atoms with E-state index in [0.29, 0.717) is 6.42 Å². The molecule has 1 heterocycles. The van der Waals surface area contributed by atoms with Gasteiger partial charge in [-0.15, -0.1) is 0 Å². The number of esters is 2. The summed E-state index contributed by atoms with van der Waals surface area (Å²) in [5, 5.41) is 28.5. The summed E-state index contributed by atoms with van der Waals surface area (Å²) in [7, 11) is 0. The van der Waals surface area contributed by atoms with E-state index in [0.717, 1.165) is 32.1 Å². The average Bonchev–Trinajstić information content (AvgIpc) is 3.02. The predicted molar refractivity (Wildman–Crippen MR) is 119 cm³/mol. The summed E-state index contributed by atoms with van der Waals surface area (Å²) >= 11 is 0. The zero-order valence-corrected chi connectivity index (χ0v) is 18.9. The molecule has 0 aromatic heterocycles. The van der Waals surface area contributed by atoms with Crippen molar-refractivity contribution in [2.24, 2.45) is 0 Å². The summed E-state index contributed by atoms with van der Waals surface area (Å²) < 4.78 is 9.56. The van der Waals surface area contributed by atoms with Gasteiger partial charge >= 0.3 is 11.9 Å². The molecule has 1 aliphatic rings. The Kier molecular flexibility index (Phi) is 14.5. The molecule has 0 spiro atoms. The van der Waals surface area contributed by atoms with Gasteiger partial charge in [-0.2, -0.15) is 0 Å². The van der Waals surface area contributed by atoms with E-state index in [1.54, 1.807) is 0 Å². The lowest BCUT2D eigenvalue weighted by Gasteiger charge is -2.17. The zero-order chi connectivity index (χ0) is 22.9. The van der Waals surface area contributed by atoms with Crippen molar-refractivity contribution in [1.82, 2.24) is 0 Å². The number of cyclic esters (lactones) is 1. The Bertz CT molecular complexity index is 582. The highest BCUT2D eigenvalue weighted by Gasteiger charge is 2.39. The van der Waals surface area contributed by atoms with Crippen molar-refractivity contribution >= 4 is 11.9 Å². The molecular formula is C24H40O7. The third-order valence-electron chi connectivity index (χ3n) is 5.35. The summed E-state index contributed by atoms with van der Waals surface area (Å²) in [5.74, 6) is -3.23. The minimum atomic E-state index is -1.42. The second-order valence-electron chi connectivity index (χ2n) is 8.14. The quantitative estimate of drug-likeness (QED) is 0.153. The van der Waals surface area contributed by atoms with Gasteiger partial charge < -0.3 is 24.8 Å². The van der Waals surface area contributed by atoms with E-state index in [2.05, 4.69) is 23.8 Å². The maximum atomic E-state index is 11.7. The van der Waals surface area contributed by atoms with E-state index < -0.39 is 42.3 Å². The number of hydrogen-bond donors (Lipinski definition) is 3. The molecule has 0 aliphatic carbocycles. The smallest absolute Gasteiger partial charge is 0.377 e. The Morgan fingerprint density at radius 3 is 2.06 bits per heavy atom. The maximum absolute atomic E-state index is 11.7. The number of rotatable bonds is 18. The second-order valence-corrected chi connectivity index (χ2v) is 8.14. The van der Waals surface area contributed by atoms with E-state index in [-0.39, 0.29) is 6.42 Å². The Balaban J connectivity index is 1.93. The van der Waals surface area contributed by atoms with Gasteiger partial charge in [0, 0.05) is 6.42 Å². The number of ether oxygens (including phenoxy) is 2. The molecule has 0 fully saturated rings. The lowest BCUT2D eigenvalue weighted by atomic mass is 10.1. The molecule has 0 bridgehead atoms. The van der Waals surface area contributed by atoms with Crippen molar-refractivity contribution in [1.29, 1.82) is 0 Å². The van der Waals surface area contributed by atoms with Gasteiger partial charge in [-0.25, -0.2) is 4.79 Å². The number of carbonyl (C=O) groups is 2. The highest BCUT2D eigenvalue weighted by atomic mass is 16.6. The lowest BCUT2D eigenvalue weighted by molar-refractivity contribution is -0.154. The van der Waals surface area contributed by atoms with E-state index in [4.69, 9.17) is 4.74 Å². The van der Waals surface area contributed by atoms with Crippen LogP contribution in [0.2, 0.25) is 0 Å². The van der Waals surface area contributed by atoms with Gasteiger partial charge in [0.1, 0.15) is 12.7 Å². The highest BCUT2D eigenvalue weighted by molar-refractivity contribution is 5.89. The molecule has 0 saturated heterocycles. The molecule has 0 radical (unpaired) electrons. The fourth-order valence-electron chi connectivity index (χ4n) is 3.41. The zero-order valence-electron chi connectivity index (χ0n) is 18.9. The number of aliphatic hydroxyl groups excluding tert-OH is 3. The maximum Gasteiger partial charge on any atom is 0.377 e. The standard InChI is InChI=1S/C24H40O7/c1-2-3-4-5-6-7-8-9-10-11-12-13-14-15-16-17-20(26)30-18-19(25)23-21(27)22(28)24(29)31-23/h9-10,19,23,25,27-28H,2-8,11-18H2,1H3/b10-9-/t19-,23+/m0/s1. The van der Waals surface area contributed by atoms with Crippen molar-refractivity contribution < 1.29 is 34.4 Å². The highest BCUT2D eigenvalue weighted by Crippen LogP contribution is 2.21. The third kappa shape index (κ3) is 11.8. The topological polar surface area (TPSA) is 113 Å². The summed E-state index contributed by atoms with van der Waals surface area (Å²) in [6, 6.07) is 0. The molecule has 2 atom stereocenters. The van der Waals surface area contributed by atoms with Crippen molar-refractivity contribution in [3.8, 4) is 0 Å². The van der Waals surface area contributed by atoms with Crippen LogP contribution in [-0.4, -0.2) is 46.1 Å². The van der Waals surface area contributed by atoms with Gasteiger partial charge in [-0.1, -0.05) is 70.4 Å². The molecule has 0 aromatic rings. The van der Waals surface area contributed by atoms with Crippen molar-refractivity contribution in [2.45, 2.75) is 109 Å². The molecule has 3 N–H and O–H groups in total. The third-order valence-corrected chi connectivity index (χ3v) is 5.35. The Hall–Kier alpha value is -2.02. The minimum absolute atomic E-state index is 0.252. The first-order chi connectivity index (χ1) is 15.0. The fraction of sp³-hybridized carbons (Fsp3) is 0.750. The summed E-state index contributed by atoms with van der Waals surface area (Å²) in [4.78, 5) is 22.8. The van der Waals surface area contributed by atoms with E-state index in [9.17, 15) is 24.9 Å². The predicted octanol–water partition coefficient (Wildman–Crippen LogP) is 5.18. The molecule has 0 aromatic carbocycles. The number of allylic oxidation sites excluding steroid dienone is 2. The van der Waals surface area contributed by atoms with Crippen LogP contribution >= 0.6 is 0 Å². The Labute approximate surface area is 186 Å². The lowest BCUT2D eigenvalue weighted by Crippen LogP contribution is -2.33. The first kappa shape index (κ1) is 27.0. The SMILES string of the molecule is CCCCCCCC/C=C\CCCCCCCC(=O)OC[C@H](O)[C@H]1OC(=O)C(O)=C1O.